The molecule has 0 unspecified atom stereocenters. The molecule has 0 aromatic carbocycles. The summed E-state index contributed by atoms with van der Waals surface area (Å²) in [6.07, 6.45) is 1.80. The van der Waals surface area contributed by atoms with Gasteiger partial charge in [0.05, 0.1) is 12.8 Å². The van der Waals surface area contributed by atoms with Gasteiger partial charge in [-0.25, -0.2) is 0 Å². The molecule has 3 heteroatoms. The van der Waals surface area contributed by atoms with E-state index in [1.54, 1.807) is 6.26 Å². The second-order valence-corrected chi connectivity index (χ2v) is 4.87. The van der Waals surface area contributed by atoms with E-state index >= 15 is 0 Å². The minimum Gasteiger partial charge on any atom is -0.468 e. The van der Waals surface area contributed by atoms with Crippen molar-refractivity contribution in [1.29, 1.82) is 0 Å². The first kappa shape index (κ1) is 14.3. The fourth-order valence-electron chi connectivity index (χ4n) is 1.95. The lowest BCUT2D eigenvalue weighted by molar-refractivity contribution is 0.228. The lowest BCUT2D eigenvalue weighted by Gasteiger charge is -2.21. The Hall–Kier alpha value is -0.800. The second-order valence-electron chi connectivity index (χ2n) is 4.87. The Balaban J connectivity index is 2.56. The molecular formula is C14H26N2O. The smallest absolute Gasteiger partial charge is 0.122 e. The van der Waals surface area contributed by atoms with Crippen LogP contribution in [0.1, 0.15) is 39.0 Å². The van der Waals surface area contributed by atoms with Crippen molar-refractivity contribution in [3.05, 3.63) is 23.7 Å². The number of nitrogens with zero attached hydrogens (tertiary/aromatic N) is 1. The fraction of sp³-hybridized carbons (Fsp3) is 0.714. The number of hydrogen-bond donors (Lipinski definition) is 1. The van der Waals surface area contributed by atoms with E-state index in [-0.39, 0.29) is 0 Å². The summed E-state index contributed by atoms with van der Waals surface area (Å²) in [5.41, 5.74) is 1.29. The summed E-state index contributed by atoms with van der Waals surface area (Å²) in [7, 11) is 0. The first-order valence-electron chi connectivity index (χ1n) is 6.65. The third-order valence-electron chi connectivity index (χ3n) is 2.84. The summed E-state index contributed by atoms with van der Waals surface area (Å²) in [5.74, 6) is 1.80. The predicted octanol–water partition coefficient (Wildman–Crippen LogP) is 2.87. The van der Waals surface area contributed by atoms with Gasteiger partial charge < -0.3 is 9.73 Å². The molecule has 0 radical (unpaired) electrons. The van der Waals surface area contributed by atoms with Gasteiger partial charge in [0.2, 0.25) is 0 Å². The van der Waals surface area contributed by atoms with Crippen LogP contribution >= 0.6 is 0 Å². The molecule has 0 bridgehead atoms. The van der Waals surface area contributed by atoms with Crippen molar-refractivity contribution >= 4 is 0 Å². The summed E-state index contributed by atoms with van der Waals surface area (Å²) < 4.78 is 5.59. The van der Waals surface area contributed by atoms with Gasteiger partial charge >= 0.3 is 0 Å². The first-order valence-corrected chi connectivity index (χ1v) is 6.65. The molecule has 0 aliphatic rings. The zero-order valence-electron chi connectivity index (χ0n) is 11.6. The van der Waals surface area contributed by atoms with Crippen LogP contribution in [0.4, 0.5) is 0 Å². The minimum atomic E-state index is 0.696. The molecule has 0 aliphatic carbocycles. The quantitative estimate of drug-likeness (QED) is 0.755. The Kier molecular flexibility index (Phi) is 6.30. The molecule has 0 saturated carbocycles. The summed E-state index contributed by atoms with van der Waals surface area (Å²) >= 11 is 0. The van der Waals surface area contributed by atoms with Crippen molar-refractivity contribution in [3.8, 4) is 0 Å². The van der Waals surface area contributed by atoms with E-state index in [0.717, 1.165) is 38.5 Å². The highest BCUT2D eigenvalue weighted by Crippen LogP contribution is 2.14. The average Bonchev–Trinajstić information content (AvgIpc) is 2.72. The lowest BCUT2D eigenvalue weighted by Crippen LogP contribution is -2.27. The molecule has 3 nitrogen and oxygen atoms in total. The molecule has 98 valence electrons. The van der Waals surface area contributed by atoms with Gasteiger partial charge in [-0.2, -0.15) is 0 Å². The van der Waals surface area contributed by atoms with Gasteiger partial charge in [-0.15, -0.1) is 0 Å². The van der Waals surface area contributed by atoms with E-state index in [0.29, 0.717) is 5.92 Å². The third kappa shape index (κ3) is 4.92. The first-order chi connectivity index (χ1) is 8.17. The molecule has 0 atom stereocenters. The third-order valence-corrected chi connectivity index (χ3v) is 2.84. The highest BCUT2D eigenvalue weighted by Gasteiger charge is 2.11. The maximum atomic E-state index is 5.59. The standard InChI is InChI=1S/C14H26N2O/c1-5-15-9-13-7-8-17-14(13)11-16(6-2)10-12(3)4/h7-8,12,15H,5-6,9-11H2,1-4H3. The Morgan fingerprint density at radius 1 is 1.35 bits per heavy atom. The van der Waals surface area contributed by atoms with Crippen LogP contribution in [0.15, 0.2) is 16.7 Å². The normalized spacial score (nSPS) is 11.6. The molecule has 17 heavy (non-hydrogen) atoms. The number of furan rings is 1. The van der Waals surface area contributed by atoms with Crippen molar-refractivity contribution in [3.63, 3.8) is 0 Å². The van der Waals surface area contributed by atoms with Gasteiger partial charge in [0.1, 0.15) is 5.76 Å². The van der Waals surface area contributed by atoms with Crippen LogP contribution in [0.5, 0.6) is 0 Å². The summed E-state index contributed by atoms with van der Waals surface area (Å²) in [6, 6.07) is 2.07. The van der Waals surface area contributed by atoms with E-state index < -0.39 is 0 Å². The lowest BCUT2D eigenvalue weighted by atomic mass is 10.2. The van der Waals surface area contributed by atoms with Gasteiger partial charge in [-0.05, 0) is 25.1 Å². The zero-order chi connectivity index (χ0) is 12.7. The number of rotatable bonds is 8. The molecule has 0 saturated heterocycles. The van der Waals surface area contributed by atoms with Crippen molar-refractivity contribution in [2.75, 3.05) is 19.6 Å². The van der Waals surface area contributed by atoms with Gasteiger partial charge in [0.15, 0.2) is 0 Å². The minimum absolute atomic E-state index is 0.696. The molecule has 1 aromatic heterocycles. The predicted molar refractivity (Wildman–Crippen MR) is 71.9 cm³/mol. The van der Waals surface area contributed by atoms with Crippen molar-refractivity contribution < 1.29 is 4.42 Å². The van der Waals surface area contributed by atoms with Crippen LogP contribution in [0.3, 0.4) is 0 Å². The Morgan fingerprint density at radius 3 is 2.71 bits per heavy atom. The van der Waals surface area contributed by atoms with Gasteiger partial charge in [0.25, 0.3) is 0 Å². The maximum absolute atomic E-state index is 5.59. The van der Waals surface area contributed by atoms with Crippen LogP contribution in [0.2, 0.25) is 0 Å². The van der Waals surface area contributed by atoms with Crippen molar-refractivity contribution in [2.45, 2.75) is 40.8 Å². The number of hydrogen-bond acceptors (Lipinski definition) is 3. The van der Waals surface area contributed by atoms with Crippen LogP contribution < -0.4 is 5.32 Å². The maximum Gasteiger partial charge on any atom is 0.122 e. The molecule has 0 aliphatic heterocycles. The van der Waals surface area contributed by atoms with Crippen LogP contribution in [0.25, 0.3) is 0 Å². The number of nitrogens with one attached hydrogen (secondary N) is 1. The van der Waals surface area contributed by atoms with E-state index in [9.17, 15) is 0 Å². The molecule has 0 spiro atoms. The second kappa shape index (κ2) is 7.51. The highest BCUT2D eigenvalue weighted by molar-refractivity contribution is 5.16. The summed E-state index contributed by atoms with van der Waals surface area (Å²) in [6.45, 7) is 13.8. The van der Waals surface area contributed by atoms with E-state index in [1.807, 2.05) is 0 Å². The van der Waals surface area contributed by atoms with Crippen molar-refractivity contribution in [1.82, 2.24) is 10.2 Å². The Labute approximate surface area is 105 Å². The molecule has 1 heterocycles. The molecule has 1 aromatic rings. The largest absolute Gasteiger partial charge is 0.468 e. The van der Waals surface area contributed by atoms with E-state index in [4.69, 9.17) is 4.42 Å². The summed E-state index contributed by atoms with van der Waals surface area (Å²) in [4.78, 5) is 2.43. The molecule has 0 amide bonds. The van der Waals surface area contributed by atoms with Crippen LogP contribution in [0, 0.1) is 5.92 Å². The van der Waals surface area contributed by atoms with E-state index in [2.05, 4.69) is 44.0 Å². The van der Waals surface area contributed by atoms with Crippen LogP contribution in [-0.2, 0) is 13.1 Å². The van der Waals surface area contributed by atoms with Crippen molar-refractivity contribution in [2.24, 2.45) is 5.92 Å². The van der Waals surface area contributed by atoms with Gasteiger partial charge in [0, 0.05) is 18.7 Å². The zero-order valence-corrected chi connectivity index (χ0v) is 11.6. The molecule has 1 N–H and O–H groups in total. The fourth-order valence-corrected chi connectivity index (χ4v) is 1.95. The Morgan fingerprint density at radius 2 is 2.12 bits per heavy atom. The van der Waals surface area contributed by atoms with Gasteiger partial charge in [-0.3, -0.25) is 4.90 Å². The average molecular weight is 238 g/mol. The van der Waals surface area contributed by atoms with E-state index in [1.165, 1.54) is 5.56 Å². The van der Waals surface area contributed by atoms with Crippen LogP contribution in [-0.4, -0.2) is 24.5 Å². The molecule has 1 rings (SSSR count). The monoisotopic (exact) mass is 238 g/mol. The highest BCUT2D eigenvalue weighted by atomic mass is 16.3. The SMILES string of the molecule is CCNCc1ccoc1CN(CC)CC(C)C. The van der Waals surface area contributed by atoms with Gasteiger partial charge in [-0.1, -0.05) is 27.7 Å². The summed E-state index contributed by atoms with van der Waals surface area (Å²) in [5, 5.41) is 3.34. The Bertz CT molecular complexity index is 307. The molecular weight excluding hydrogens is 212 g/mol. The topological polar surface area (TPSA) is 28.4 Å². The molecule has 0 fully saturated rings.